The second-order valence-electron chi connectivity index (χ2n) is 6.02. The molecule has 1 amide bonds. The summed E-state index contributed by atoms with van der Waals surface area (Å²) in [5.41, 5.74) is 0.985. The van der Waals surface area contributed by atoms with Gasteiger partial charge in [-0.05, 0) is 37.3 Å². The van der Waals surface area contributed by atoms with Gasteiger partial charge in [-0.1, -0.05) is 22.0 Å². The lowest BCUT2D eigenvalue weighted by molar-refractivity contribution is -0.127. The van der Waals surface area contributed by atoms with E-state index >= 15 is 0 Å². The Morgan fingerprint density at radius 2 is 2.04 bits per heavy atom. The molecule has 1 atom stereocenters. The van der Waals surface area contributed by atoms with Gasteiger partial charge in [0.25, 0.3) is 5.91 Å². The summed E-state index contributed by atoms with van der Waals surface area (Å²) in [4.78, 5) is 19.0. The average molecular weight is 420 g/mol. The Kier molecular flexibility index (Phi) is 6.46. The quantitative estimate of drug-likeness (QED) is 0.779. The Morgan fingerprint density at radius 1 is 1.31 bits per heavy atom. The van der Waals surface area contributed by atoms with Gasteiger partial charge in [-0.25, -0.2) is 4.98 Å². The lowest BCUT2D eigenvalue weighted by Crippen LogP contribution is -2.39. The molecule has 0 bridgehead atoms. The number of morpholine rings is 1. The van der Waals surface area contributed by atoms with Gasteiger partial charge in [-0.2, -0.15) is 0 Å². The van der Waals surface area contributed by atoms with E-state index in [2.05, 4.69) is 31.1 Å². The van der Waals surface area contributed by atoms with Crippen LogP contribution in [-0.4, -0.2) is 43.3 Å². The first-order valence-corrected chi connectivity index (χ1v) is 9.39. The van der Waals surface area contributed by atoms with Gasteiger partial charge in [0.05, 0.1) is 13.2 Å². The second-order valence-corrected chi connectivity index (χ2v) is 6.93. The molecule has 1 saturated heterocycles. The van der Waals surface area contributed by atoms with Crippen molar-refractivity contribution in [1.29, 1.82) is 0 Å². The highest BCUT2D eigenvalue weighted by molar-refractivity contribution is 9.10. The molecule has 2 aromatic rings. The Bertz CT molecular complexity index is 733. The van der Waals surface area contributed by atoms with Crippen LogP contribution in [0.5, 0.6) is 5.75 Å². The summed E-state index contributed by atoms with van der Waals surface area (Å²) < 4.78 is 12.1. The van der Waals surface area contributed by atoms with Crippen LogP contribution >= 0.6 is 15.9 Å². The van der Waals surface area contributed by atoms with E-state index in [1.54, 1.807) is 13.1 Å². The van der Waals surface area contributed by atoms with Gasteiger partial charge in [-0.3, -0.25) is 4.79 Å². The molecular formula is C19H22BrN3O3. The number of anilines is 1. The Hall–Kier alpha value is -2.12. The highest BCUT2D eigenvalue weighted by Crippen LogP contribution is 2.19. The zero-order chi connectivity index (χ0) is 18.4. The van der Waals surface area contributed by atoms with E-state index < -0.39 is 6.10 Å². The molecule has 7 heteroatoms. The number of hydrogen-bond acceptors (Lipinski definition) is 5. The second kappa shape index (κ2) is 9.00. The minimum Gasteiger partial charge on any atom is -0.481 e. The van der Waals surface area contributed by atoms with E-state index in [4.69, 9.17) is 9.47 Å². The molecule has 6 nitrogen and oxygen atoms in total. The van der Waals surface area contributed by atoms with Crippen LogP contribution in [0.1, 0.15) is 12.5 Å². The van der Waals surface area contributed by atoms with Crippen LogP contribution in [0, 0.1) is 0 Å². The molecule has 26 heavy (non-hydrogen) atoms. The third kappa shape index (κ3) is 4.95. The van der Waals surface area contributed by atoms with Gasteiger partial charge >= 0.3 is 0 Å². The molecule has 2 heterocycles. The number of amides is 1. The number of carbonyl (C=O) groups is 1. The third-order valence-electron chi connectivity index (χ3n) is 4.13. The van der Waals surface area contributed by atoms with Gasteiger partial charge in [0, 0.05) is 35.9 Å². The number of hydrogen-bond donors (Lipinski definition) is 1. The summed E-state index contributed by atoms with van der Waals surface area (Å²) in [5.74, 6) is 1.40. The van der Waals surface area contributed by atoms with E-state index in [0.717, 1.165) is 28.9 Å². The molecule has 1 aromatic carbocycles. The van der Waals surface area contributed by atoms with Crippen LogP contribution in [0.15, 0.2) is 47.1 Å². The summed E-state index contributed by atoms with van der Waals surface area (Å²) >= 11 is 3.38. The number of benzene rings is 1. The maximum Gasteiger partial charge on any atom is 0.261 e. The molecule has 3 rings (SSSR count). The third-order valence-corrected chi connectivity index (χ3v) is 4.66. The van der Waals surface area contributed by atoms with Crippen molar-refractivity contribution in [2.24, 2.45) is 0 Å². The van der Waals surface area contributed by atoms with Gasteiger partial charge in [0.15, 0.2) is 6.10 Å². The summed E-state index contributed by atoms with van der Waals surface area (Å²) in [6.45, 7) is 5.15. The number of carbonyl (C=O) groups excluding carboxylic acids is 1. The molecule has 0 aliphatic carbocycles. The zero-order valence-corrected chi connectivity index (χ0v) is 16.2. The SMILES string of the molecule is C[C@@H](Oc1ccc(Br)cc1)C(=O)NCc1cccnc1N1CCOCC1. The van der Waals surface area contributed by atoms with Crippen molar-refractivity contribution in [3.63, 3.8) is 0 Å². The molecule has 1 fully saturated rings. The molecular weight excluding hydrogens is 398 g/mol. The maximum atomic E-state index is 12.4. The molecule has 1 N–H and O–H groups in total. The first-order chi connectivity index (χ1) is 12.6. The number of aromatic nitrogens is 1. The van der Waals surface area contributed by atoms with Crippen molar-refractivity contribution in [2.45, 2.75) is 19.6 Å². The average Bonchev–Trinajstić information content (AvgIpc) is 2.68. The van der Waals surface area contributed by atoms with E-state index in [9.17, 15) is 4.79 Å². The summed E-state index contributed by atoms with van der Waals surface area (Å²) in [5, 5.41) is 2.94. The highest BCUT2D eigenvalue weighted by atomic mass is 79.9. The summed E-state index contributed by atoms with van der Waals surface area (Å²) in [6.07, 6.45) is 1.19. The molecule has 1 aliphatic rings. The fourth-order valence-corrected chi connectivity index (χ4v) is 2.99. The number of rotatable bonds is 6. The number of ether oxygens (including phenoxy) is 2. The Balaban J connectivity index is 1.58. The molecule has 0 saturated carbocycles. The Morgan fingerprint density at radius 3 is 2.77 bits per heavy atom. The van der Waals surface area contributed by atoms with Crippen LogP contribution in [0.25, 0.3) is 0 Å². The van der Waals surface area contributed by atoms with E-state index in [-0.39, 0.29) is 5.91 Å². The normalized spacial score (nSPS) is 15.4. The lowest BCUT2D eigenvalue weighted by atomic mass is 10.2. The number of nitrogens with one attached hydrogen (secondary N) is 1. The summed E-state index contributed by atoms with van der Waals surface area (Å²) in [7, 11) is 0. The molecule has 0 unspecified atom stereocenters. The Labute approximate surface area is 161 Å². The number of pyridine rings is 1. The monoisotopic (exact) mass is 419 g/mol. The van der Waals surface area contributed by atoms with E-state index in [1.165, 1.54) is 0 Å². The van der Waals surface area contributed by atoms with E-state index in [1.807, 2.05) is 36.4 Å². The van der Waals surface area contributed by atoms with Crippen molar-refractivity contribution in [3.8, 4) is 5.75 Å². The topological polar surface area (TPSA) is 63.7 Å². The highest BCUT2D eigenvalue weighted by Gasteiger charge is 2.18. The van der Waals surface area contributed by atoms with Crippen molar-refractivity contribution < 1.29 is 14.3 Å². The van der Waals surface area contributed by atoms with Gasteiger partial charge in [0.2, 0.25) is 0 Å². The molecule has 1 aromatic heterocycles. The van der Waals surface area contributed by atoms with Crippen LogP contribution in [0.4, 0.5) is 5.82 Å². The van der Waals surface area contributed by atoms with Crippen LogP contribution in [0.3, 0.4) is 0 Å². The number of nitrogens with zero attached hydrogens (tertiary/aromatic N) is 2. The van der Waals surface area contributed by atoms with Crippen LogP contribution in [-0.2, 0) is 16.1 Å². The first kappa shape index (κ1) is 18.7. The molecule has 1 aliphatic heterocycles. The maximum absolute atomic E-state index is 12.4. The van der Waals surface area contributed by atoms with Crippen molar-refractivity contribution >= 4 is 27.7 Å². The fraction of sp³-hybridized carbons (Fsp3) is 0.368. The minimum absolute atomic E-state index is 0.162. The number of halogens is 1. The van der Waals surface area contributed by atoms with Crippen molar-refractivity contribution in [3.05, 3.63) is 52.6 Å². The van der Waals surface area contributed by atoms with Crippen molar-refractivity contribution in [2.75, 3.05) is 31.2 Å². The molecule has 138 valence electrons. The smallest absolute Gasteiger partial charge is 0.261 e. The first-order valence-electron chi connectivity index (χ1n) is 8.60. The fourth-order valence-electron chi connectivity index (χ4n) is 2.73. The van der Waals surface area contributed by atoms with Crippen molar-refractivity contribution in [1.82, 2.24) is 10.3 Å². The largest absolute Gasteiger partial charge is 0.481 e. The minimum atomic E-state index is -0.584. The molecule has 0 radical (unpaired) electrons. The van der Waals surface area contributed by atoms with Gasteiger partial charge in [0.1, 0.15) is 11.6 Å². The summed E-state index contributed by atoms with van der Waals surface area (Å²) in [6, 6.07) is 11.3. The van der Waals surface area contributed by atoms with Gasteiger partial charge in [-0.15, -0.1) is 0 Å². The van der Waals surface area contributed by atoms with Gasteiger partial charge < -0.3 is 19.7 Å². The predicted molar refractivity (Wildman–Crippen MR) is 103 cm³/mol. The lowest BCUT2D eigenvalue weighted by Gasteiger charge is -2.29. The predicted octanol–water partition coefficient (Wildman–Crippen LogP) is 2.76. The molecule has 0 spiro atoms. The standard InChI is InChI=1S/C19H22BrN3O3/c1-14(26-17-6-4-16(20)5-7-17)19(24)22-13-15-3-2-8-21-18(15)23-9-11-25-12-10-23/h2-8,14H,9-13H2,1H3,(H,22,24)/t14-/m1/s1. The van der Waals surface area contributed by atoms with Crippen LogP contribution in [0.2, 0.25) is 0 Å². The van der Waals surface area contributed by atoms with E-state index in [0.29, 0.717) is 25.5 Å². The zero-order valence-electron chi connectivity index (χ0n) is 14.7. The van der Waals surface area contributed by atoms with Crippen LogP contribution < -0.4 is 15.0 Å².